The number of hydrogen-bond acceptors (Lipinski definition) is 9. The van der Waals surface area contributed by atoms with Crippen LogP contribution in [0.3, 0.4) is 0 Å². The van der Waals surface area contributed by atoms with Gasteiger partial charge in [0, 0.05) is 30.9 Å². The molecule has 2 fully saturated rings. The molecule has 0 aromatic carbocycles. The van der Waals surface area contributed by atoms with Crippen LogP contribution in [0, 0.1) is 5.92 Å². The monoisotopic (exact) mass is 555 g/mol. The highest BCUT2D eigenvalue weighted by Gasteiger charge is 2.34. The molecule has 5 rings (SSSR count). The Labute approximate surface area is 228 Å². The second-order valence-corrected chi connectivity index (χ2v) is 9.76. The zero-order valence-corrected chi connectivity index (χ0v) is 21.8. The molecule has 1 saturated carbocycles. The minimum Gasteiger partial charge on any atom is -0.465 e. The lowest BCUT2D eigenvalue weighted by molar-refractivity contribution is -0.146. The number of morpholine rings is 1. The Morgan fingerprint density at radius 1 is 1.10 bits per heavy atom. The van der Waals surface area contributed by atoms with Crippen LogP contribution in [0.15, 0.2) is 35.0 Å². The number of carbonyl (C=O) groups is 4. The van der Waals surface area contributed by atoms with Crippen molar-refractivity contribution in [2.75, 3.05) is 37.5 Å². The molecule has 12 nitrogen and oxygen atoms in total. The molecular weight excluding hydrogens is 530 g/mol. The van der Waals surface area contributed by atoms with Crippen LogP contribution in [0.25, 0.3) is 11.1 Å². The third-order valence-electron chi connectivity index (χ3n) is 6.90. The SMILES string of the molecule is COC(=O)c1cnc2c(NC(=O)[C@H]3CC[C@H](N4CCOCC4=O)CC3)c(C(=O)Nc3ccc(Cl)cn3)oc2c1. The lowest BCUT2D eigenvalue weighted by Gasteiger charge is -2.38. The molecule has 3 amide bonds. The highest BCUT2D eigenvalue weighted by molar-refractivity contribution is 6.30. The van der Waals surface area contributed by atoms with Gasteiger partial charge in [-0.25, -0.2) is 14.8 Å². The first kappa shape index (κ1) is 26.6. The molecule has 0 spiro atoms. The Bertz CT molecular complexity index is 1420. The van der Waals surface area contributed by atoms with E-state index in [9.17, 15) is 19.2 Å². The Balaban J connectivity index is 1.37. The molecule has 3 aromatic rings. The number of aromatic nitrogens is 2. The number of ether oxygens (including phenoxy) is 2. The molecule has 0 atom stereocenters. The number of amides is 3. The quantitative estimate of drug-likeness (QED) is 0.436. The fraction of sp³-hybridized carbons (Fsp3) is 0.385. The van der Waals surface area contributed by atoms with E-state index < -0.39 is 11.9 Å². The van der Waals surface area contributed by atoms with Crippen LogP contribution in [-0.4, -0.2) is 71.5 Å². The van der Waals surface area contributed by atoms with Gasteiger partial charge < -0.3 is 29.4 Å². The maximum atomic E-state index is 13.3. The summed E-state index contributed by atoms with van der Waals surface area (Å²) < 4.78 is 15.7. The molecule has 1 saturated heterocycles. The molecule has 4 heterocycles. The summed E-state index contributed by atoms with van der Waals surface area (Å²) in [4.78, 5) is 60.9. The number of hydrogen-bond donors (Lipinski definition) is 2. The summed E-state index contributed by atoms with van der Waals surface area (Å²) in [6, 6.07) is 4.56. The summed E-state index contributed by atoms with van der Waals surface area (Å²) in [5.74, 6) is -1.92. The van der Waals surface area contributed by atoms with Gasteiger partial charge in [-0.1, -0.05) is 11.6 Å². The molecule has 0 unspecified atom stereocenters. The lowest BCUT2D eigenvalue weighted by Crippen LogP contribution is -2.49. The van der Waals surface area contributed by atoms with Crippen molar-refractivity contribution in [3.05, 3.63) is 46.9 Å². The number of nitrogens with zero attached hydrogens (tertiary/aromatic N) is 3. The van der Waals surface area contributed by atoms with Gasteiger partial charge in [-0.15, -0.1) is 0 Å². The number of pyridine rings is 2. The van der Waals surface area contributed by atoms with Crippen molar-refractivity contribution in [1.29, 1.82) is 0 Å². The van der Waals surface area contributed by atoms with Crippen LogP contribution < -0.4 is 10.6 Å². The number of nitrogens with one attached hydrogen (secondary N) is 2. The topological polar surface area (TPSA) is 153 Å². The van der Waals surface area contributed by atoms with E-state index in [1.807, 2.05) is 4.90 Å². The first-order valence-corrected chi connectivity index (χ1v) is 12.8. The first-order valence-electron chi connectivity index (χ1n) is 12.5. The van der Waals surface area contributed by atoms with Crippen LogP contribution in [-0.2, 0) is 19.1 Å². The number of rotatable bonds is 6. The highest BCUT2D eigenvalue weighted by atomic mass is 35.5. The van der Waals surface area contributed by atoms with Gasteiger partial charge in [0.15, 0.2) is 5.58 Å². The van der Waals surface area contributed by atoms with Crippen molar-refractivity contribution >= 4 is 57.9 Å². The zero-order valence-electron chi connectivity index (χ0n) is 21.1. The molecule has 13 heteroatoms. The van der Waals surface area contributed by atoms with Crippen molar-refractivity contribution in [2.45, 2.75) is 31.7 Å². The highest BCUT2D eigenvalue weighted by Crippen LogP contribution is 2.34. The minimum absolute atomic E-state index is 0.0257. The molecule has 2 N–H and O–H groups in total. The van der Waals surface area contributed by atoms with Crippen LogP contribution in [0.1, 0.15) is 46.6 Å². The molecule has 39 heavy (non-hydrogen) atoms. The summed E-state index contributed by atoms with van der Waals surface area (Å²) >= 11 is 5.88. The summed E-state index contributed by atoms with van der Waals surface area (Å²) in [6.07, 6.45) is 5.19. The second kappa shape index (κ2) is 11.4. The van der Waals surface area contributed by atoms with Gasteiger partial charge >= 0.3 is 5.97 Å². The standard InChI is InChI=1S/C26H26ClN5O7/c1-37-26(36)15-10-18-21(29-11-15)22(23(39-18)25(35)30-19-7-4-16(27)12-28-19)31-24(34)14-2-5-17(6-3-14)32-8-9-38-13-20(32)33/h4,7,10-12,14,17H,2-3,5-6,8-9,13H2,1H3,(H,31,34)(H,28,30,35)/t14-,17-. The maximum Gasteiger partial charge on any atom is 0.339 e. The van der Waals surface area contributed by atoms with Crippen molar-refractivity contribution < 1.29 is 33.1 Å². The Morgan fingerprint density at radius 3 is 2.59 bits per heavy atom. The van der Waals surface area contributed by atoms with Crippen molar-refractivity contribution in [3.63, 3.8) is 0 Å². The van der Waals surface area contributed by atoms with E-state index in [1.54, 1.807) is 6.07 Å². The van der Waals surface area contributed by atoms with Crippen LogP contribution in [0.5, 0.6) is 0 Å². The number of fused-ring (bicyclic) bond motifs is 1. The first-order chi connectivity index (χ1) is 18.8. The molecule has 0 radical (unpaired) electrons. The van der Waals surface area contributed by atoms with Crippen molar-refractivity contribution in [3.8, 4) is 0 Å². The van der Waals surface area contributed by atoms with Gasteiger partial charge in [-0.3, -0.25) is 14.4 Å². The van der Waals surface area contributed by atoms with Crippen molar-refractivity contribution in [1.82, 2.24) is 14.9 Å². The summed E-state index contributed by atoms with van der Waals surface area (Å²) in [5.41, 5.74) is 0.539. The maximum absolute atomic E-state index is 13.3. The molecular formula is C26H26ClN5O7. The average Bonchev–Trinajstić information content (AvgIpc) is 3.31. The predicted molar refractivity (Wildman–Crippen MR) is 139 cm³/mol. The van der Waals surface area contributed by atoms with Crippen LogP contribution >= 0.6 is 11.6 Å². The van der Waals surface area contributed by atoms with Gasteiger partial charge in [0.1, 0.15) is 23.6 Å². The Morgan fingerprint density at radius 2 is 1.90 bits per heavy atom. The lowest BCUT2D eigenvalue weighted by atomic mass is 9.84. The Kier molecular flexibility index (Phi) is 7.75. The van der Waals surface area contributed by atoms with E-state index in [1.165, 1.54) is 31.6 Å². The van der Waals surface area contributed by atoms with Gasteiger partial charge in [0.2, 0.25) is 17.6 Å². The number of anilines is 2. The third kappa shape index (κ3) is 5.71. The van der Waals surface area contributed by atoms with E-state index in [0.29, 0.717) is 43.9 Å². The number of carbonyl (C=O) groups excluding carboxylic acids is 4. The smallest absolute Gasteiger partial charge is 0.339 e. The zero-order chi connectivity index (χ0) is 27.5. The fourth-order valence-electron chi connectivity index (χ4n) is 4.90. The van der Waals surface area contributed by atoms with Gasteiger partial charge in [-0.2, -0.15) is 0 Å². The van der Waals surface area contributed by atoms with Gasteiger partial charge in [0.25, 0.3) is 5.91 Å². The largest absolute Gasteiger partial charge is 0.465 e. The van der Waals surface area contributed by atoms with Crippen molar-refractivity contribution in [2.24, 2.45) is 5.92 Å². The Hall–Kier alpha value is -4.03. The number of furan rings is 1. The van der Waals surface area contributed by atoms with E-state index in [2.05, 4.69) is 20.6 Å². The van der Waals surface area contributed by atoms with E-state index in [0.717, 1.165) is 0 Å². The normalized spacial score (nSPS) is 19.5. The molecule has 0 bridgehead atoms. The molecule has 1 aliphatic carbocycles. The number of esters is 1. The summed E-state index contributed by atoms with van der Waals surface area (Å²) in [7, 11) is 1.24. The molecule has 204 valence electrons. The summed E-state index contributed by atoms with van der Waals surface area (Å²) in [6.45, 7) is 1.16. The second-order valence-electron chi connectivity index (χ2n) is 9.32. The number of methoxy groups -OCH3 is 1. The minimum atomic E-state index is -0.674. The fourth-order valence-corrected chi connectivity index (χ4v) is 5.01. The number of halogens is 1. The van der Waals surface area contributed by atoms with Crippen LogP contribution in [0.4, 0.5) is 11.5 Å². The summed E-state index contributed by atoms with van der Waals surface area (Å²) in [5, 5.41) is 5.84. The van der Waals surface area contributed by atoms with Gasteiger partial charge in [-0.05, 0) is 43.9 Å². The van der Waals surface area contributed by atoms with E-state index in [-0.39, 0.29) is 64.3 Å². The third-order valence-corrected chi connectivity index (χ3v) is 7.13. The predicted octanol–water partition coefficient (Wildman–Crippen LogP) is 3.27. The molecule has 1 aliphatic heterocycles. The van der Waals surface area contributed by atoms with Crippen LogP contribution in [0.2, 0.25) is 5.02 Å². The van der Waals surface area contributed by atoms with E-state index in [4.69, 9.17) is 25.5 Å². The van der Waals surface area contributed by atoms with E-state index >= 15 is 0 Å². The average molecular weight is 556 g/mol. The molecule has 3 aromatic heterocycles. The molecule has 2 aliphatic rings. The van der Waals surface area contributed by atoms with Gasteiger partial charge in [0.05, 0.1) is 24.3 Å².